The summed E-state index contributed by atoms with van der Waals surface area (Å²) in [5.41, 5.74) is 0. The van der Waals surface area contributed by atoms with Gasteiger partial charge in [-0.15, -0.1) is 0 Å². The lowest BCUT2D eigenvalue weighted by Gasteiger charge is -2.39. The van der Waals surface area contributed by atoms with Gasteiger partial charge in [-0.2, -0.15) is 57.1 Å². The molecule has 0 saturated carbocycles. The maximum Gasteiger partial charge on any atom is 0.460 e. The quantitative estimate of drug-likeness (QED) is 0.0763. The first-order valence-corrected chi connectivity index (χ1v) is 13.5. The summed E-state index contributed by atoms with van der Waals surface area (Å²) >= 11 is 0. The minimum atomic E-state index is -7.87. The van der Waals surface area contributed by atoms with Crippen LogP contribution in [-0.2, 0) is 14.2 Å². The van der Waals surface area contributed by atoms with Gasteiger partial charge >= 0.3 is 35.8 Å². The molecule has 0 amide bonds. The van der Waals surface area contributed by atoms with E-state index in [2.05, 4.69) is 16.4 Å². The van der Waals surface area contributed by atoms with Gasteiger partial charge in [0.1, 0.15) is 6.10 Å². The van der Waals surface area contributed by atoms with Crippen LogP contribution in [0, 0.1) is 0 Å². The molecule has 0 aromatic heterocycles. The Morgan fingerprint density at radius 3 is 1.39 bits per heavy atom. The first-order valence-electron chi connectivity index (χ1n) is 13.5. The van der Waals surface area contributed by atoms with Crippen LogP contribution in [-0.4, -0.2) is 74.4 Å². The molecule has 0 radical (unpaired) electrons. The molecular weight excluding hydrogens is 595 g/mol. The number of alkyl halides is 13. The largest absolute Gasteiger partial charge is 0.460 e. The van der Waals surface area contributed by atoms with Crippen molar-refractivity contribution in [3.8, 4) is 0 Å². The zero-order valence-electron chi connectivity index (χ0n) is 22.6. The van der Waals surface area contributed by atoms with Crippen LogP contribution < -0.4 is 0 Å². The predicted molar refractivity (Wildman–Crippen MR) is 122 cm³/mol. The number of ether oxygens (including phenoxy) is 3. The van der Waals surface area contributed by atoms with Crippen LogP contribution in [0.5, 0.6) is 0 Å². The molecule has 2 unspecified atom stereocenters. The average Bonchev–Trinajstić information content (AvgIpc) is 3.78. The van der Waals surface area contributed by atoms with Crippen LogP contribution in [0.1, 0.15) is 84.0 Å². The van der Waals surface area contributed by atoms with Crippen LogP contribution in [0.25, 0.3) is 0 Å². The Hall–Kier alpha value is -1.03. The van der Waals surface area contributed by atoms with Crippen LogP contribution in [0.4, 0.5) is 57.1 Å². The summed E-state index contributed by atoms with van der Waals surface area (Å²) in [5, 5.41) is 0. The molecule has 0 aromatic carbocycles. The van der Waals surface area contributed by atoms with Gasteiger partial charge < -0.3 is 14.2 Å². The van der Waals surface area contributed by atoms with E-state index in [-0.39, 0.29) is 6.61 Å². The van der Waals surface area contributed by atoms with Crippen LogP contribution in [0.3, 0.4) is 0 Å². The highest BCUT2D eigenvalue weighted by Crippen LogP contribution is 2.60. The molecule has 2 heterocycles. The number of hydrogen-bond acceptors (Lipinski definition) is 3. The third kappa shape index (κ3) is 10.9. The van der Waals surface area contributed by atoms with E-state index in [1.54, 1.807) is 0 Å². The maximum absolute atomic E-state index is 13.3. The van der Waals surface area contributed by atoms with E-state index in [4.69, 9.17) is 4.74 Å². The molecule has 41 heavy (non-hydrogen) atoms. The molecule has 2 fully saturated rings. The summed E-state index contributed by atoms with van der Waals surface area (Å²) in [6, 6.07) is 0. The van der Waals surface area contributed by atoms with Crippen molar-refractivity contribution in [3.05, 3.63) is 0 Å². The lowest BCUT2D eigenvalue weighted by atomic mass is 9.93. The van der Waals surface area contributed by atoms with Crippen LogP contribution >= 0.6 is 0 Å². The Morgan fingerprint density at radius 1 is 0.561 bits per heavy atom. The number of rotatable bonds is 20. The van der Waals surface area contributed by atoms with Crippen molar-refractivity contribution < 1.29 is 71.3 Å². The molecule has 0 bridgehead atoms. The molecule has 0 N–H and O–H groups in total. The Labute approximate surface area is 230 Å². The molecule has 2 aliphatic rings. The van der Waals surface area contributed by atoms with E-state index in [0.717, 1.165) is 6.61 Å². The van der Waals surface area contributed by atoms with Crippen molar-refractivity contribution in [3.63, 3.8) is 0 Å². The second-order valence-electron chi connectivity index (χ2n) is 10.2. The number of unbranched alkanes of at least 4 members (excludes halogenated alkanes) is 9. The minimum Gasteiger partial charge on any atom is -0.378 e. The van der Waals surface area contributed by atoms with Crippen LogP contribution in [0.2, 0.25) is 0 Å². The number of halogens is 13. The third-order valence-electron chi connectivity index (χ3n) is 6.55. The van der Waals surface area contributed by atoms with Crippen molar-refractivity contribution in [2.45, 2.75) is 132 Å². The molecule has 0 aromatic rings. The van der Waals surface area contributed by atoms with E-state index in [0.29, 0.717) is 6.10 Å². The predicted octanol–water partition coefficient (Wildman–Crippen LogP) is 9.23. The second-order valence-corrected chi connectivity index (χ2v) is 10.2. The highest BCUT2D eigenvalue weighted by molar-refractivity contribution is 5.10. The lowest BCUT2D eigenvalue weighted by Crippen LogP contribution is -2.70. The fraction of sp³-hybridized carbons (Fsp3) is 1.00. The van der Waals surface area contributed by atoms with Gasteiger partial charge in [0.05, 0.1) is 32.5 Å². The van der Waals surface area contributed by atoms with Gasteiger partial charge in [-0.3, -0.25) is 0 Å². The average molecular weight is 633 g/mol. The topological polar surface area (TPSA) is 34.3 Å². The zero-order chi connectivity index (χ0) is 31.6. The Morgan fingerprint density at radius 2 is 0.976 bits per heavy atom. The standard InChI is InChI=1S/C14H28O.C11H9F13O2/c1-2-3-4-5-6-7-8-9-10-11-12-14-13-15-14;12-6(13,1-2-25-3-5-4-26-5)7(14,15)8(16,17)9(18,19)10(20,21)11(22,23)24/h14H,2-13H2,1H3;5H,1-4H2. The van der Waals surface area contributed by atoms with E-state index < -0.39 is 61.5 Å². The third-order valence-corrected chi connectivity index (χ3v) is 6.55. The van der Waals surface area contributed by atoms with E-state index >= 15 is 0 Å². The normalized spacial score (nSPS) is 20.0. The molecule has 2 atom stereocenters. The van der Waals surface area contributed by atoms with E-state index in [9.17, 15) is 57.1 Å². The summed E-state index contributed by atoms with van der Waals surface area (Å²) in [6.07, 6.45) is 6.00. The molecule has 0 aliphatic carbocycles. The van der Waals surface area contributed by atoms with Gasteiger partial charge in [0.15, 0.2) is 0 Å². The fourth-order valence-corrected chi connectivity index (χ4v) is 3.63. The minimum absolute atomic E-state index is 0.128. The monoisotopic (exact) mass is 632 g/mol. The molecule has 0 spiro atoms. The highest BCUT2D eigenvalue weighted by Gasteiger charge is 2.90. The first-order chi connectivity index (χ1) is 18.8. The van der Waals surface area contributed by atoms with E-state index in [1.165, 1.54) is 70.6 Å². The summed E-state index contributed by atoms with van der Waals surface area (Å²) in [6.45, 7) is 1.62. The lowest BCUT2D eigenvalue weighted by molar-refractivity contribution is -0.440. The van der Waals surface area contributed by atoms with Crippen molar-refractivity contribution in [1.82, 2.24) is 0 Å². The Bertz CT molecular complexity index is 737. The van der Waals surface area contributed by atoms with Gasteiger partial charge in [0.2, 0.25) is 0 Å². The van der Waals surface area contributed by atoms with Gasteiger partial charge in [0, 0.05) is 6.42 Å². The van der Waals surface area contributed by atoms with Crippen molar-refractivity contribution in [1.29, 1.82) is 0 Å². The van der Waals surface area contributed by atoms with Gasteiger partial charge in [-0.25, -0.2) is 0 Å². The molecular formula is C25H37F13O3. The summed E-state index contributed by atoms with van der Waals surface area (Å²) in [5.74, 6) is -36.7. The van der Waals surface area contributed by atoms with Crippen molar-refractivity contribution in [2.75, 3.05) is 26.4 Å². The molecule has 246 valence electrons. The first kappa shape index (κ1) is 38.0. The fourth-order valence-electron chi connectivity index (χ4n) is 3.63. The van der Waals surface area contributed by atoms with Gasteiger partial charge in [-0.1, -0.05) is 71.1 Å². The van der Waals surface area contributed by atoms with Crippen LogP contribution in [0.15, 0.2) is 0 Å². The van der Waals surface area contributed by atoms with Crippen molar-refractivity contribution in [2.24, 2.45) is 0 Å². The Balaban J connectivity index is 0.000000474. The number of epoxide rings is 2. The number of hydrogen-bond donors (Lipinski definition) is 0. The maximum atomic E-state index is 13.3. The van der Waals surface area contributed by atoms with Gasteiger partial charge in [0.25, 0.3) is 0 Å². The summed E-state index contributed by atoms with van der Waals surface area (Å²) in [4.78, 5) is 0. The van der Waals surface area contributed by atoms with Crippen molar-refractivity contribution >= 4 is 0 Å². The molecule has 2 saturated heterocycles. The zero-order valence-corrected chi connectivity index (χ0v) is 22.6. The molecule has 16 heteroatoms. The molecule has 2 rings (SSSR count). The molecule has 2 aliphatic heterocycles. The smallest absolute Gasteiger partial charge is 0.378 e. The van der Waals surface area contributed by atoms with E-state index in [1.807, 2.05) is 0 Å². The second kappa shape index (κ2) is 15.6. The SMILES string of the molecule is CCCCCCCCCCCCC1CO1.FC(F)(F)C(F)(F)C(F)(F)C(F)(F)C(F)(F)C(F)(F)CCOCC1CO1. The molecule has 3 nitrogen and oxygen atoms in total. The highest BCUT2D eigenvalue weighted by atomic mass is 19.4. The Kier molecular flexibility index (Phi) is 14.5. The van der Waals surface area contributed by atoms with Gasteiger partial charge in [-0.05, 0) is 6.42 Å². The summed E-state index contributed by atoms with van der Waals surface area (Å²) < 4.78 is 180. The summed E-state index contributed by atoms with van der Waals surface area (Å²) in [7, 11) is 0.